The molecule has 184 valence electrons. The minimum atomic E-state index is -3.87. The number of rotatable bonds is 7. The minimum Gasteiger partial charge on any atom is -0.478 e. The lowest BCUT2D eigenvalue weighted by molar-refractivity contribution is 0.0697. The van der Waals surface area contributed by atoms with E-state index in [4.69, 9.17) is 0 Å². The van der Waals surface area contributed by atoms with Crippen LogP contribution in [0.2, 0.25) is 0 Å². The molecule has 1 aliphatic rings. The second-order valence-electron chi connectivity index (χ2n) is 8.83. The fourth-order valence-corrected chi connectivity index (χ4v) is 5.42. The zero-order valence-electron chi connectivity index (χ0n) is 20.1. The van der Waals surface area contributed by atoms with Gasteiger partial charge in [0.25, 0.3) is 10.0 Å². The number of nitrogens with zero attached hydrogens (tertiary/aromatic N) is 3. The van der Waals surface area contributed by atoms with Crippen LogP contribution in [0, 0.1) is 6.92 Å². The Labute approximate surface area is 206 Å². The Bertz CT molecular complexity index is 1330. The number of carboxylic acid groups (broad SMARTS) is 1. The number of carboxylic acids is 1. The van der Waals surface area contributed by atoms with Crippen LogP contribution in [0.3, 0.4) is 0 Å². The number of pyridine rings is 1. The van der Waals surface area contributed by atoms with Crippen molar-refractivity contribution in [1.29, 1.82) is 0 Å². The molecule has 3 aromatic rings. The Balaban J connectivity index is 1.54. The Morgan fingerprint density at radius 1 is 1.14 bits per heavy atom. The molecule has 9 heteroatoms. The van der Waals surface area contributed by atoms with Gasteiger partial charge in [0, 0.05) is 31.4 Å². The van der Waals surface area contributed by atoms with E-state index < -0.39 is 16.0 Å². The summed E-state index contributed by atoms with van der Waals surface area (Å²) in [6, 6.07) is 16.4. The number of carbonyl (C=O) groups is 1. The number of piperazine rings is 1. The van der Waals surface area contributed by atoms with Crippen molar-refractivity contribution >= 4 is 33.2 Å². The molecule has 0 saturated carbocycles. The summed E-state index contributed by atoms with van der Waals surface area (Å²) >= 11 is 0. The number of aromatic nitrogens is 1. The maximum atomic E-state index is 12.8. The minimum absolute atomic E-state index is 0.0391. The molecule has 1 aromatic heterocycles. The molecule has 2 N–H and O–H groups in total. The fraction of sp³-hybridized carbons (Fsp3) is 0.308. The summed E-state index contributed by atoms with van der Waals surface area (Å²) in [5, 5.41) is 9.87. The standard InChI is InChI=1S/C26H30N4O4S/c1-4-20-8-10-23(11-9-20)35(33,34)28-21-15-24(26(31)32)25(27-16-21)29-12-13-30(19(3)17-29)22-7-5-6-18(2)14-22/h5-11,14-16,19,28H,4,12-13,17H2,1-3H3,(H,31,32)/t19-/m0/s1. The second kappa shape index (κ2) is 9.95. The highest BCUT2D eigenvalue weighted by molar-refractivity contribution is 7.92. The average molecular weight is 495 g/mol. The van der Waals surface area contributed by atoms with Gasteiger partial charge >= 0.3 is 5.97 Å². The Hall–Kier alpha value is -3.59. The van der Waals surface area contributed by atoms with Crippen LogP contribution in [0.15, 0.2) is 65.7 Å². The predicted molar refractivity (Wildman–Crippen MR) is 138 cm³/mol. The molecule has 0 radical (unpaired) electrons. The van der Waals surface area contributed by atoms with Crippen LogP contribution < -0.4 is 14.5 Å². The zero-order valence-corrected chi connectivity index (χ0v) is 20.9. The highest BCUT2D eigenvalue weighted by Gasteiger charge is 2.28. The van der Waals surface area contributed by atoms with Gasteiger partial charge in [-0.25, -0.2) is 18.2 Å². The van der Waals surface area contributed by atoms with Gasteiger partial charge in [-0.15, -0.1) is 0 Å². The molecule has 4 rings (SSSR count). The molecular weight excluding hydrogens is 464 g/mol. The normalized spacial score (nSPS) is 16.3. The molecular formula is C26H30N4O4S. The molecule has 1 atom stereocenters. The number of nitrogens with one attached hydrogen (secondary N) is 1. The van der Waals surface area contributed by atoms with E-state index >= 15 is 0 Å². The summed E-state index contributed by atoms with van der Waals surface area (Å²) in [5.74, 6) is -0.821. The van der Waals surface area contributed by atoms with E-state index in [-0.39, 0.29) is 22.2 Å². The molecule has 0 bridgehead atoms. The Morgan fingerprint density at radius 3 is 2.51 bits per heavy atom. The summed E-state index contributed by atoms with van der Waals surface area (Å²) in [7, 11) is -3.87. The van der Waals surface area contributed by atoms with Gasteiger partial charge in [-0.05, 0) is 61.7 Å². The van der Waals surface area contributed by atoms with Crippen molar-refractivity contribution in [2.45, 2.75) is 38.1 Å². The molecule has 0 aliphatic carbocycles. The van der Waals surface area contributed by atoms with Crippen LogP contribution in [-0.2, 0) is 16.4 Å². The first-order chi connectivity index (χ1) is 16.7. The summed E-state index contributed by atoms with van der Waals surface area (Å²) in [6.07, 6.45) is 2.18. The molecule has 0 spiro atoms. The van der Waals surface area contributed by atoms with Gasteiger partial charge in [-0.3, -0.25) is 4.72 Å². The maximum absolute atomic E-state index is 12.8. The van der Waals surface area contributed by atoms with Crippen LogP contribution in [0.5, 0.6) is 0 Å². The van der Waals surface area contributed by atoms with E-state index in [1.54, 1.807) is 12.1 Å². The lowest BCUT2D eigenvalue weighted by Gasteiger charge is -2.42. The zero-order chi connectivity index (χ0) is 25.2. The highest BCUT2D eigenvalue weighted by atomic mass is 32.2. The third-order valence-corrected chi connectivity index (χ3v) is 7.65. The van der Waals surface area contributed by atoms with Crippen molar-refractivity contribution < 1.29 is 18.3 Å². The molecule has 1 saturated heterocycles. The maximum Gasteiger partial charge on any atom is 0.339 e. The summed E-state index contributed by atoms with van der Waals surface area (Å²) in [6.45, 7) is 8.06. The van der Waals surface area contributed by atoms with Crippen molar-refractivity contribution in [2.75, 3.05) is 34.2 Å². The second-order valence-corrected chi connectivity index (χ2v) is 10.5. The number of aryl methyl sites for hydroxylation is 2. The number of hydrogen-bond acceptors (Lipinski definition) is 6. The van der Waals surface area contributed by atoms with E-state index in [0.717, 1.165) is 17.7 Å². The first-order valence-corrected chi connectivity index (χ1v) is 13.1. The topological polar surface area (TPSA) is 103 Å². The van der Waals surface area contributed by atoms with Gasteiger partial charge in [0.15, 0.2) is 0 Å². The third kappa shape index (κ3) is 5.40. The van der Waals surface area contributed by atoms with Crippen LogP contribution in [0.25, 0.3) is 0 Å². The van der Waals surface area contributed by atoms with Crippen LogP contribution in [0.4, 0.5) is 17.2 Å². The first kappa shape index (κ1) is 24.5. The highest BCUT2D eigenvalue weighted by Crippen LogP contribution is 2.28. The average Bonchev–Trinajstić information content (AvgIpc) is 2.83. The number of sulfonamides is 1. The monoisotopic (exact) mass is 494 g/mol. The van der Waals surface area contributed by atoms with Crippen molar-refractivity contribution in [3.63, 3.8) is 0 Å². The number of aromatic carboxylic acids is 1. The molecule has 2 aromatic carbocycles. The molecule has 2 heterocycles. The lowest BCUT2D eigenvalue weighted by atomic mass is 10.1. The largest absolute Gasteiger partial charge is 0.478 e. The fourth-order valence-electron chi connectivity index (χ4n) is 4.38. The Morgan fingerprint density at radius 2 is 1.89 bits per heavy atom. The third-order valence-electron chi connectivity index (χ3n) is 6.25. The Kier molecular flexibility index (Phi) is 6.98. The van der Waals surface area contributed by atoms with Crippen molar-refractivity contribution in [3.05, 3.63) is 77.5 Å². The summed E-state index contributed by atoms with van der Waals surface area (Å²) in [4.78, 5) is 20.8. The quantitative estimate of drug-likeness (QED) is 0.508. The van der Waals surface area contributed by atoms with Crippen molar-refractivity contribution in [2.24, 2.45) is 0 Å². The van der Waals surface area contributed by atoms with Gasteiger partial charge in [0.1, 0.15) is 11.4 Å². The van der Waals surface area contributed by atoms with Gasteiger partial charge < -0.3 is 14.9 Å². The summed E-state index contributed by atoms with van der Waals surface area (Å²) < 4.78 is 28.1. The van der Waals surface area contributed by atoms with Gasteiger partial charge in [-0.2, -0.15) is 0 Å². The molecule has 0 amide bonds. The van der Waals surface area contributed by atoms with Crippen LogP contribution in [-0.4, -0.2) is 50.2 Å². The first-order valence-electron chi connectivity index (χ1n) is 11.6. The van der Waals surface area contributed by atoms with E-state index in [1.165, 1.54) is 30.0 Å². The van der Waals surface area contributed by atoms with E-state index in [2.05, 4.69) is 46.7 Å². The molecule has 0 unspecified atom stereocenters. The van der Waals surface area contributed by atoms with Gasteiger partial charge in [-0.1, -0.05) is 31.2 Å². The van der Waals surface area contributed by atoms with Crippen molar-refractivity contribution in [3.8, 4) is 0 Å². The number of anilines is 3. The predicted octanol–water partition coefficient (Wildman–Crippen LogP) is 4.17. The van der Waals surface area contributed by atoms with E-state index in [0.29, 0.717) is 25.5 Å². The van der Waals surface area contributed by atoms with Gasteiger partial charge in [0.05, 0.1) is 16.8 Å². The van der Waals surface area contributed by atoms with Crippen LogP contribution in [0.1, 0.15) is 35.3 Å². The van der Waals surface area contributed by atoms with Crippen LogP contribution >= 0.6 is 0 Å². The molecule has 35 heavy (non-hydrogen) atoms. The summed E-state index contributed by atoms with van der Waals surface area (Å²) in [5.41, 5.74) is 3.42. The number of hydrogen-bond donors (Lipinski definition) is 2. The number of benzene rings is 2. The lowest BCUT2D eigenvalue weighted by Crippen LogP contribution is -2.52. The SMILES string of the molecule is CCc1ccc(S(=O)(=O)Nc2cnc(N3CCN(c4cccc(C)c4)[C@@H](C)C3)c(C(=O)O)c2)cc1. The van der Waals surface area contributed by atoms with E-state index in [9.17, 15) is 18.3 Å². The molecule has 1 aliphatic heterocycles. The molecule has 1 fully saturated rings. The van der Waals surface area contributed by atoms with E-state index in [1.807, 2.05) is 17.9 Å². The van der Waals surface area contributed by atoms with Gasteiger partial charge in [0.2, 0.25) is 0 Å². The smallest absolute Gasteiger partial charge is 0.339 e. The van der Waals surface area contributed by atoms with Crippen molar-refractivity contribution in [1.82, 2.24) is 4.98 Å². The molecule has 8 nitrogen and oxygen atoms in total.